The van der Waals surface area contributed by atoms with Gasteiger partial charge in [0.1, 0.15) is 0 Å². The topological polar surface area (TPSA) is 55.1 Å². The fourth-order valence-electron chi connectivity index (χ4n) is 1.62. The summed E-state index contributed by atoms with van der Waals surface area (Å²) in [6.07, 6.45) is 5.27. The average molecular weight is 260 g/mol. The molecule has 0 amide bonds. The van der Waals surface area contributed by atoms with Gasteiger partial charge in [0, 0.05) is 25.1 Å². The van der Waals surface area contributed by atoms with Crippen LogP contribution in [0.2, 0.25) is 5.02 Å². The Bertz CT molecular complexity index is 665. The number of fused-ring (bicyclic) bond motifs is 1. The van der Waals surface area contributed by atoms with Crippen LogP contribution in [0.15, 0.2) is 42.9 Å². The molecular weight excluding hydrogens is 250 g/mol. The number of aromatic nitrogens is 4. The van der Waals surface area contributed by atoms with Gasteiger partial charge in [0.25, 0.3) is 0 Å². The van der Waals surface area contributed by atoms with E-state index in [9.17, 15) is 0 Å². The largest absolute Gasteiger partial charge is 0.349 e. The third kappa shape index (κ3) is 2.26. The van der Waals surface area contributed by atoms with E-state index in [2.05, 4.69) is 20.4 Å². The van der Waals surface area contributed by atoms with Gasteiger partial charge in [-0.2, -0.15) is 4.98 Å². The van der Waals surface area contributed by atoms with Gasteiger partial charge >= 0.3 is 0 Å². The van der Waals surface area contributed by atoms with Gasteiger partial charge in [-0.05, 0) is 23.8 Å². The van der Waals surface area contributed by atoms with Crippen LogP contribution in [0.1, 0.15) is 5.56 Å². The molecule has 18 heavy (non-hydrogen) atoms. The van der Waals surface area contributed by atoms with Gasteiger partial charge in [0.05, 0.1) is 5.02 Å². The van der Waals surface area contributed by atoms with Crippen molar-refractivity contribution >= 4 is 23.2 Å². The molecule has 0 aromatic carbocycles. The van der Waals surface area contributed by atoms with Crippen molar-refractivity contribution in [3.05, 3.63) is 53.4 Å². The summed E-state index contributed by atoms with van der Waals surface area (Å²) in [7, 11) is 0. The number of anilines is 1. The molecule has 0 aliphatic heterocycles. The standard InChI is InChI=1S/C12H10ClN5/c13-10-3-4-11-16-12(17-18(11)8-10)15-7-9-2-1-5-14-6-9/h1-6,8H,7H2,(H,15,17). The minimum Gasteiger partial charge on any atom is -0.349 e. The average Bonchev–Trinajstić information content (AvgIpc) is 2.79. The first-order valence-corrected chi connectivity index (χ1v) is 5.84. The summed E-state index contributed by atoms with van der Waals surface area (Å²) in [4.78, 5) is 8.38. The molecule has 3 rings (SSSR count). The Labute approximate surface area is 108 Å². The van der Waals surface area contributed by atoms with Crippen molar-refractivity contribution in [3.63, 3.8) is 0 Å². The van der Waals surface area contributed by atoms with Crippen LogP contribution in [-0.4, -0.2) is 19.6 Å². The predicted octanol–water partition coefficient (Wildman–Crippen LogP) is 2.39. The molecule has 0 spiro atoms. The SMILES string of the molecule is Clc1ccc2nc(NCc3cccnc3)nn2c1. The highest BCUT2D eigenvalue weighted by Crippen LogP contribution is 2.11. The van der Waals surface area contributed by atoms with Gasteiger partial charge in [-0.15, -0.1) is 5.10 Å². The smallest absolute Gasteiger partial charge is 0.243 e. The molecule has 5 nitrogen and oxygen atoms in total. The fourth-order valence-corrected chi connectivity index (χ4v) is 1.77. The minimum atomic E-state index is 0.570. The number of halogens is 1. The number of hydrogen-bond acceptors (Lipinski definition) is 4. The Balaban J connectivity index is 1.79. The molecule has 3 aromatic heterocycles. The van der Waals surface area contributed by atoms with Crippen LogP contribution in [0.5, 0.6) is 0 Å². The van der Waals surface area contributed by atoms with Gasteiger partial charge in [-0.1, -0.05) is 17.7 Å². The molecule has 6 heteroatoms. The van der Waals surface area contributed by atoms with E-state index in [1.807, 2.05) is 18.2 Å². The predicted molar refractivity (Wildman–Crippen MR) is 69.6 cm³/mol. The lowest BCUT2D eigenvalue weighted by Gasteiger charge is -2.00. The van der Waals surface area contributed by atoms with E-state index in [0.29, 0.717) is 17.5 Å². The van der Waals surface area contributed by atoms with Crippen molar-refractivity contribution in [1.82, 2.24) is 19.6 Å². The van der Waals surface area contributed by atoms with Crippen molar-refractivity contribution in [1.29, 1.82) is 0 Å². The van der Waals surface area contributed by atoms with Crippen LogP contribution in [0.3, 0.4) is 0 Å². The molecule has 0 aliphatic rings. The summed E-state index contributed by atoms with van der Waals surface area (Å²) < 4.78 is 1.65. The summed E-state index contributed by atoms with van der Waals surface area (Å²) >= 11 is 5.88. The van der Waals surface area contributed by atoms with Crippen molar-refractivity contribution in [2.24, 2.45) is 0 Å². The second-order valence-corrected chi connectivity index (χ2v) is 4.24. The van der Waals surface area contributed by atoms with Gasteiger partial charge in [-0.3, -0.25) is 4.98 Å². The second kappa shape index (κ2) is 4.62. The zero-order chi connectivity index (χ0) is 12.4. The van der Waals surface area contributed by atoms with E-state index >= 15 is 0 Å². The highest BCUT2D eigenvalue weighted by atomic mass is 35.5. The van der Waals surface area contributed by atoms with E-state index in [1.165, 1.54) is 0 Å². The lowest BCUT2D eigenvalue weighted by Crippen LogP contribution is -2.01. The summed E-state index contributed by atoms with van der Waals surface area (Å²) in [6.45, 7) is 0.637. The number of rotatable bonds is 3. The van der Waals surface area contributed by atoms with E-state index in [-0.39, 0.29) is 0 Å². The molecule has 0 atom stereocenters. The summed E-state index contributed by atoms with van der Waals surface area (Å²) in [5.74, 6) is 0.570. The van der Waals surface area contributed by atoms with Gasteiger partial charge in [-0.25, -0.2) is 4.52 Å². The Hall–Kier alpha value is -2.14. The lowest BCUT2D eigenvalue weighted by molar-refractivity contribution is 0.949. The van der Waals surface area contributed by atoms with E-state index in [1.54, 1.807) is 29.2 Å². The quantitative estimate of drug-likeness (QED) is 0.785. The number of nitrogens with one attached hydrogen (secondary N) is 1. The van der Waals surface area contributed by atoms with E-state index < -0.39 is 0 Å². The molecule has 1 N–H and O–H groups in total. The first-order chi connectivity index (χ1) is 8.81. The highest BCUT2D eigenvalue weighted by Gasteiger charge is 2.03. The van der Waals surface area contributed by atoms with Crippen LogP contribution < -0.4 is 5.32 Å². The maximum atomic E-state index is 5.88. The normalized spacial score (nSPS) is 10.7. The Kier molecular flexibility index (Phi) is 2.82. The Morgan fingerprint density at radius 2 is 2.22 bits per heavy atom. The molecule has 0 unspecified atom stereocenters. The molecule has 0 radical (unpaired) electrons. The summed E-state index contributed by atoms with van der Waals surface area (Å²) in [5, 5.41) is 8.05. The maximum absolute atomic E-state index is 5.88. The summed E-state index contributed by atoms with van der Waals surface area (Å²) in [6, 6.07) is 7.50. The molecule has 0 bridgehead atoms. The molecule has 0 aliphatic carbocycles. The van der Waals surface area contributed by atoms with Gasteiger partial charge in [0.15, 0.2) is 5.65 Å². The molecule has 0 saturated heterocycles. The molecule has 3 aromatic rings. The number of nitrogens with zero attached hydrogens (tertiary/aromatic N) is 4. The Morgan fingerprint density at radius 3 is 3.06 bits per heavy atom. The lowest BCUT2D eigenvalue weighted by atomic mass is 10.3. The first-order valence-electron chi connectivity index (χ1n) is 5.46. The number of pyridine rings is 2. The van der Waals surface area contributed by atoms with E-state index in [0.717, 1.165) is 11.2 Å². The monoisotopic (exact) mass is 259 g/mol. The third-order valence-electron chi connectivity index (χ3n) is 2.47. The summed E-state index contributed by atoms with van der Waals surface area (Å²) in [5.41, 5.74) is 1.84. The van der Waals surface area contributed by atoms with Crippen molar-refractivity contribution in [3.8, 4) is 0 Å². The van der Waals surface area contributed by atoms with Crippen LogP contribution in [-0.2, 0) is 6.54 Å². The van der Waals surface area contributed by atoms with Crippen molar-refractivity contribution in [2.45, 2.75) is 6.54 Å². The first kappa shape index (κ1) is 11.0. The second-order valence-electron chi connectivity index (χ2n) is 3.80. The Morgan fingerprint density at radius 1 is 1.28 bits per heavy atom. The van der Waals surface area contributed by atoms with Gasteiger partial charge in [0.2, 0.25) is 5.95 Å². The zero-order valence-electron chi connectivity index (χ0n) is 9.42. The highest BCUT2D eigenvalue weighted by molar-refractivity contribution is 6.30. The van der Waals surface area contributed by atoms with Gasteiger partial charge < -0.3 is 5.32 Å². The third-order valence-corrected chi connectivity index (χ3v) is 2.69. The minimum absolute atomic E-state index is 0.570. The molecule has 0 fully saturated rings. The molecular formula is C12H10ClN5. The van der Waals surface area contributed by atoms with Crippen LogP contribution in [0.4, 0.5) is 5.95 Å². The van der Waals surface area contributed by atoms with Crippen LogP contribution in [0.25, 0.3) is 5.65 Å². The van der Waals surface area contributed by atoms with Crippen molar-refractivity contribution in [2.75, 3.05) is 5.32 Å². The number of hydrogen-bond donors (Lipinski definition) is 1. The van der Waals surface area contributed by atoms with Crippen LogP contribution >= 0.6 is 11.6 Å². The van der Waals surface area contributed by atoms with E-state index in [4.69, 9.17) is 11.6 Å². The molecule has 0 saturated carbocycles. The zero-order valence-corrected chi connectivity index (χ0v) is 10.2. The van der Waals surface area contributed by atoms with Crippen molar-refractivity contribution < 1.29 is 0 Å². The maximum Gasteiger partial charge on any atom is 0.243 e. The molecule has 90 valence electrons. The van der Waals surface area contributed by atoms with Crippen LogP contribution in [0, 0.1) is 0 Å². The molecule has 3 heterocycles. The fraction of sp³-hybridized carbons (Fsp3) is 0.0833.